The Morgan fingerprint density at radius 2 is 1.76 bits per heavy atom. The molecule has 0 radical (unpaired) electrons. The zero-order chi connectivity index (χ0) is 15.5. The summed E-state index contributed by atoms with van der Waals surface area (Å²) in [5, 5.41) is 7.80. The predicted molar refractivity (Wildman–Crippen MR) is 80.2 cm³/mol. The molecule has 1 heterocycles. The van der Waals surface area contributed by atoms with Crippen LogP contribution in [0.2, 0.25) is 0 Å². The molecule has 1 aromatic carbocycles. The fourth-order valence-electron chi connectivity index (χ4n) is 1.88. The topological polar surface area (TPSA) is 111 Å². The van der Waals surface area contributed by atoms with Gasteiger partial charge in [-0.1, -0.05) is 26.0 Å². The van der Waals surface area contributed by atoms with Crippen LogP contribution in [-0.4, -0.2) is 23.6 Å². The summed E-state index contributed by atoms with van der Waals surface area (Å²) in [4.78, 5) is 4.19. The quantitative estimate of drug-likeness (QED) is 0.807. The number of anilines is 2. The molecule has 0 atom stereocenters. The first-order valence-electron chi connectivity index (χ1n) is 6.57. The number of rotatable bonds is 5. The molecule has 0 spiro atoms. The van der Waals surface area contributed by atoms with Crippen molar-refractivity contribution < 1.29 is 8.42 Å². The van der Waals surface area contributed by atoms with Gasteiger partial charge in [0.05, 0.1) is 17.1 Å². The van der Waals surface area contributed by atoms with Gasteiger partial charge in [-0.3, -0.25) is 0 Å². The monoisotopic (exact) mass is 307 g/mol. The first-order valence-corrected chi connectivity index (χ1v) is 8.06. The van der Waals surface area contributed by atoms with E-state index >= 15 is 0 Å². The van der Waals surface area contributed by atoms with Gasteiger partial charge in [-0.25, -0.2) is 18.1 Å². The van der Waals surface area contributed by atoms with Crippen molar-refractivity contribution >= 4 is 21.7 Å². The van der Waals surface area contributed by atoms with Crippen molar-refractivity contribution in [2.75, 3.05) is 10.5 Å². The number of nitrogens with zero attached hydrogens (tertiary/aromatic N) is 3. The fraction of sp³-hybridized carbons (Fsp3) is 0.308. The highest BCUT2D eigenvalue weighted by molar-refractivity contribution is 7.92. The Kier molecular flexibility index (Phi) is 4.37. The molecule has 0 amide bonds. The van der Waals surface area contributed by atoms with E-state index in [0.717, 1.165) is 11.4 Å². The van der Waals surface area contributed by atoms with Crippen molar-refractivity contribution in [1.82, 2.24) is 15.2 Å². The molecule has 2 aromatic rings. The maximum absolute atomic E-state index is 12.3. The maximum atomic E-state index is 12.3. The van der Waals surface area contributed by atoms with E-state index in [4.69, 9.17) is 5.73 Å². The van der Waals surface area contributed by atoms with Crippen LogP contribution in [0.3, 0.4) is 0 Å². The molecule has 7 nitrogen and oxygen atoms in total. The Bertz CT molecular complexity index is 746. The number of aryl methyl sites for hydroxylation is 2. The molecule has 0 aliphatic heterocycles. The molecule has 0 saturated carbocycles. The number of aromatic nitrogens is 3. The largest absolute Gasteiger partial charge is 0.398 e. The van der Waals surface area contributed by atoms with E-state index in [1.165, 1.54) is 12.1 Å². The minimum absolute atomic E-state index is 0.00813. The van der Waals surface area contributed by atoms with E-state index in [1.54, 1.807) is 12.1 Å². The van der Waals surface area contributed by atoms with Crippen molar-refractivity contribution in [2.45, 2.75) is 31.6 Å². The highest BCUT2D eigenvalue weighted by atomic mass is 32.2. The van der Waals surface area contributed by atoms with Crippen LogP contribution in [0.15, 0.2) is 29.2 Å². The van der Waals surface area contributed by atoms with E-state index < -0.39 is 10.0 Å². The molecule has 21 heavy (non-hydrogen) atoms. The molecular weight excluding hydrogens is 290 g/mol. The van der Waals surface area contributed by atoms with Crippen LogP contribution >= 0.6 is 0 Å². The van der Waals surface area contributed by atoms with Crippen molar-refractivity contribution in [1.29, 1.82) is 0 Å². The van der Waals surface area contributed by atoms with E-state index in [2.05, 4.69) is 19.9 Å². The lowest BCUT2D eigenvalue weighted by Gasteiger charge is -2.10. The predicted octanol–water partition coefficient (Wildman–Crippen LogP) is 1.38. The number of nitrogens with one attached hydrogen (secondary N) is 1. The van der Waals surface area contributed by atoms with Crippen molar-refractivity contribution in [3.8, 4) is 0 Å². The third kappa shape index (κ3) is 3.27. The van der Waals surface area contributed by atoms with Crippen molar-refractivity contribution in [3.05, 3.63) is 35.7 Å². The summed E-state index contributed by atoms with van der Waals surface area (Å²) < 4.78 is 26.9. The van der Waals surface area contributed by atoms with Gasteiger partial charge < -0.3 is 5.73 Å². The summed E-state index contributed by atoms with van der Waals surface area (Å²) in [7, 11) is -3.83. The van der Waals surface area contributed by atoms with Crippen LogP contribution in [0.1, 0.15) is 25.2 Å². The maximum Gasteiger partial charge on any atom is 0.266 e. The van der Waals surface area contributed by atoms with Gasteiger partial charge in [0.1, 0.15) is 4.90 Å². The first kappa shape index (κ1) is 15.2. The van der Waals surface area contributed by atoms with Gasteiger partial charge >= 0.3 is 0 Å². The lowest BCUT2D eigenvalue weighted by molar-refractivity contribution is 0.601. The fourth-order valence-corrected chi connectivity index (χ4v) is 2.95. The summed E-state index contributed by atoms with van der Waals surface area (Å²) in [6.07, 6.45) is 1.35. The molecule has 3 N–H and O–H groups in total. The Hall–Kier alpha value is -2.22. The summed E-state index contributed by atoms with van der Waals surface area (Å²) in [6.45, 7) is 3.87. The minimum Gasteiger partial charge on any atom is -0.398 e. The Morgan fingerprint density at radius 3 is 2.38 bits per heavy atom. The zero-order valence-electron chi connectivity index (χ0n) is 11.9. The minimum atomic E-state index is -3.83. The third-order valence-electron chi connectivity index (χ3n) is 2.94. The second kappa shape index (κ2) is 6.04. The van der Waals surface area contributed by atoms with Gasteiger partial charge in [0.15, 0.2) is 0 Å². The molecular formula is C13H17N5O2S. The second-order valence-corrected chi connectivity index (χ2v) is 6.03. The van der Waals surface area contributed by atoms with Crippen LogP contribution in [-0.2, 0) is 22.9 Å². The van der Waals surface area contributed by atoms with Gasteiger partial charge in [-0.15, -0.1) is 10.2 Å². The van der Waals surface area contributed by atoms with Crippen LogP contribution in [0.4, 0.5) is 11.6 Å². The molecule has 0 saturated heterocycles. The number of hydrogen-bond donors (Lipinski definition) is 2. The number of para-hydroxylation sites is 1. The number of nitrogen functional groups attached to an aromatic ring is 1. The Balaban J connectivity index is 2.35. The average molecular weight is 307 g/mol. The molecule has 0 fully saturated rings. The Labute approximate surface area is 123 Å². The molecule has 0 bridgehead atoms. The number of nitrogens with two attached hydrogens (primary N) is 1. The molecule has 112 valence electrons. The normalized spacial score (nSPS) is 11.3. The lowest BCUT2D eigenvalue weighted by atomic mass is 10.2. The lowest BCUT2D eigenvalue weighted by Crippen LogP contribution is -2.18. The van der Waals surface area contributed by atoms with Gasteiger partial charge in [0, 0.05) is 0 Å². The van der Waals surface area contributed by atoms with Crippen LogP contribution < -0.4 is 10.5 Å². The van der Waals surface area contributed by atoms with Crippen LogP contribution in [0.5, 0.6) is 0 Å². The van der Waals surface area contributed by atoms with Gasteiger partial charge in [0.2, 0.25) is 0 Å². The highest BCUT2D eigenvalue weighted by Crippen LogP contribution is 2.19. The van der Waals surface area contributed by atoms with Gasteiger partial charge in [0.25, 0.3) is 16.0 Å². The third-order valence-corrected chi connectivity index (χ3v) is 4.35. The van der Waals surface area contributed by atoms with E-state index in [9.17, 15) is 8.42 Å². The number of hydrogen-bond acceptors (Lipinski definition) is 6. The van der Waals surface area contributed by atoms with Crippen LogP contribution in [0.25, 0.3) is 0 Å². The summed E-state index contributed by atoms with van der Waals surface area (Å²) >= 11 is 0. The standard InChI is InChI=1S/C13H17N5O2S/c1-3-10-11(4-2)16-17-13(15-10)18-21(19,20)12-8-6-5-7-9(12)14/h5-8H,3-4,14H2,1-2H3,(H,15,17,18). The first-order chi connectivity index (χ1) is 9.97. The molecule has 0 aliphatic rings. The highest BCUT2D eigenvalue weighted by Gasteiger charge is 2.19. The van der Waals surface area contributed by atoms with Crippen LogP contribution in [0, 0.1) is 0 Å². The number of sulfonamides is 1. The number of benzene rings is 1. The molecule has 1 aromatic heterocycles. The SMILES string of the molecule is CCc1nnc(NS(=O)(=O)c2ccccc2N)nc1CC. The van der Waals surface area contributed by atoms with Crippen molar-refractivity contribution in [2.24, 2.45) is 0 Å². The van der Waals surface area contributed by atoms with Gasteiger partial charge in [-0.05, 0) is 25.0 Å². The summed E-state index contributed by atoms with van der Waals surface area (Å²) in [5.41, 5.74) is 7.34. The van der Waals surface area contributed by atoms with Crippen molar-refractivity contribution in [3.63, 3.8) is 0 Å². The molecule has 8 heteroatoms. The summed E-state index contributed by atoms with van der Waals surface area (Å²) in [5.74, 6) is -0.0488. The van der Waals surface area contributed by atoms with E-state index in [-0.39, 0.29) is 16.5 Å². The van der Waals surface area contributed by atoms with E-state index in [0.29, 0.717) is 12.8 Å². The van der Waals surface area contributed by atoms with Gasteiger partial charge in [-0.2, -0.15) is 0 Å². The Morgan fingerprint density at radius 1 is 1.10 bits per heavy atom. The molecule has 0 unspecified atom stereocenters. The smallest absolute Gasteiger partial charge is 0.266 e. The zero-order valence-corrected chi connectivity index (χ0v) is 12.7. The second-order valence-electron chi connectivity index (χ2n) is 4.38. The summed E-state index contributed by atoms with van der Waals surface area (Å²) in [6, 6.07) is 6.21. The van der Waals surface area contributed by atoms with E-state index in [1.807, 2.05) is 13.8 Å². The average Bonchev–Trinajstić information content (AvgIpc) is 2.47. The molecule has 2 rings (SSSR count). The molecule has 0 aliphatic carbocycles.